The van der Waals surface area contributed by atoms with Crippen LogP contribution in [0.2, 0.25) is 5.02 Å². The first kappa shape index (κ1) is 34.5. The predicted molar refractivity (Wildman–Crippen MR) is 189 cm³/mol. The smallest absolute Gasteiger partial charge is 0.251 e. The van der Waals surface area contributed by atoms with E-state index in [-0.39, 0.29) is 47.5 Å². The van der Waals surface area contributed by atoms with Crippen LogP contribution in [0, 0.1) is 18.8 Å². The lowest BCUT2D eigenvalue weighted by Crippen LogP contribution is -2.58. The number of fused-ring (bicyclic) bond motifs is 1. The van der Waals surface area contributed by atoms with Gasteiger partial charge in [-0.1, -0.05) is 58.7 Å². The fourth-order valence-electron chi connectivity index (χ4n) is 7.49. The van der Waals surface area contributed by atoms with Gasteiger partial charge in [0, 0.05) is 28.9 Å². The SMILES string of the molecule is C=CCN(C(=O)[C@H]1[C@H]2C(=O)N([C@@H](CC)CO)C(C(=O)N(CC=C)c3c(C)cccc3Cl)C23CC(Br)[C@@H]1S3)c1ccc(OCC)cc1. The summed E-state index contributed by atoms with van der Waals surface area (Å²) in [7, 11) is 0. The molecule has 3 aliphatic heterocycles. The minimum absolute atomic E-state index is 0.110. The first-order valence-electron chi connectivity index (χ1n) is 15.7. The highest BCUT2D eigenvalue weighted by molar-refractivity contribution is 9.09. The molecule has 11 heteroatoms. The van der Waals surface area contributed by atoms with Gasteiger partial charge < -0.3 is 24.5 Å². The summed E-state index contributed by atoms with van der Waals surface area (Å²) in [4.78, 5) is 49.1. The van der Waals surface area contributed by atoms with E-state index in [0.29, 0.717) is 41.6 Å². The Kier molecular flexibility index (Phi) is 10.6. The molecule has 3 amide bonds. The Labute approximate surface area is 288 Å². The number of aliphatic hydroxyl groups is 1. The fraction of sp³-hybridized carbons (Fsp3) is 0.457. The number of likely N-dealkylation sites (tertiary alicyclic amines) is 1. The van der Waals surface area contributed by atoms with Gasteiger partial charge in [-0.25, -0.2) is 0 Å². The minimum Gasteiger partial charge on any atom is -0.494 e. The molecule has 0 radical (unpaired) electrons. The van der Waals surface area contributed by atoms with Gasteiger partial charge in [-0.15, -0.1) is 24.9 Å². The van der Waals surface area contributed by atoms with Crippen LogP contribution < -0.4 is 14.5 Å². The van der Waals surface area contributed by atoms with Crippen molar-refractivity contribution in [1.82, 2.24) is 4.90 Å². The average molecular weight is 731 g/mol. The number of ether oxygens (including phenoxy) is 1. The van der Waals surface area contributed by atoms with Gasteiger partial charge in [0.2, 0.25) is 11.8 Å². The van der Waals surface area contributed by atoms with E-state index in [2.05, 4.69) is 29.1 Å². The molecular weight excluding hydrogens is 690 g/mol. The average Bonchev–Trinajstić information content (AvgIpc) is 3.63. The molecule has 1 N–H and O–H groups in total. The zero-order chi connectivity index (χ0) is 33.3. The number of rotatable bonds is 13. The van der Waals surface area contributed by atoms with E-state index in [9.17, 15) is 19.5 Å². The van der Waals surface area contributed by atoms with Crippen LogP contribution in [0.15, 0.2) is 67.8 Å². The molecule has 0 aromatic heterocycles. The van der Waals surface area contributed by atoms with E-state index in [4.69, 9.17) is 16.3 Å². The number of aliphatic hydroxyl groups excluding tert-OH is 1. The van der Waals surface area contributed by atoms with Crippen molar-refractivity contribution < 1.29 is 24.2 Å². The minimum atomic E-state index is -0.927. The van der Waals surface area contributed by atoms with E-state index in [1.54, 1.807) is 44.7 Å². The van der Waals surface area contributed by atoms with Gasteiger partial charge in [-0.3, -0.25) is 14.4 Å². The molecule has 3 unspecified atom stereocenters. The topological polar surface area (TPSA) is 90.4 Å². The van der Waals surface area contributed by atoms with Crippen molar-refractivity contribution in [3.8, 4) is 5.75 Å². The molecular formula is C35H41BrClN3O5S. The number of nitrogens with zero attached hydrogens (tertiary/aromatic N) is 3. The van der Waals surface area contributed by atoms with Gasteiger partial charge >= 0.3 is 0 Å². The summed E-state index contributed by atoms with van der Waals surface area (Å²) in [6.07, 6.45) is 4.28. The molecule has 2 aromatic carbocycles. The molecule has 0 aliphatic carbocycles. The lowest BCUT2D eigenvalue weighted by molar-refractivity contribution is -0.141. The van der Waals surface area contributed by atoms with Crippen LogP contribution in [0.1, 0.15) is 32.3 Å². The number of benzene rings is 2. The Morgan fingerprint density at radius 1 is 1.15 bits per heavy atom. The second-order valence-electron chi connectivity index (χ2n) is 12.0. The molecule has 246 valence electrons. The summed E-state index contributed by atoms with van der Waals surface area (Å²) >= 11 is 12.1. The number of aryl methyl sites for hydroxylation is 1. The van der Waals surface area contributed by atoms with Crippen LogP contribution >= 0.6 is 39.3 Å². The number of amides is 3. The zero-order valence-electron chi connectivity index (χ0n) is 26.4. The van der Waals surface area contributed by atoms with Crippen LogP contribution in [-0.4, -0.2) is 80.9 Å². The van der Waals surface area contributed by atoms with Crippen LogP contribution in [0.4, 0.5) is 11.4 Å². The number of carbonyl (C=O) groups is 3. The van der Waals surface area contributed by atoms with Crippen molar-refractivity contribution in [2.75, 3.05) is 36.1 Å². The van der Waals surface area contributed by atoms with Crippen molar-refractivity contribution in [2.24, 2.45) is 11.8 Å². The Morgan fingerprint density at radius 2 is 1.83 bits per heavy atom. The number of para-hydroxylation sites is 1. The lowest BCUT2D eigenvalue weighted by Gasteiger charge is -2.40. The molecule has 3 aliphatic rings. The second-order valence-corrected chi connectivity index (χ2v) is 15.1. The molecule has 2 bridgehead atoms. The first-order chi connectivity index (χ1) is 22.1. The van der Waals surface area contributed by atoms with Crippen molar-refractivity contribution in [2.45, 2.75) is 60.5 Å². The highest BCUT2D eigenvalue weighted by Gasteiger charge is 2.76. The number of halogens is 2. The summed E-state index contributed by atoms with van der Waals surface area (Å²) < 4.78 is 4.70. The number of hydrogen-bond acceptors (Lipinski definition) is 6. The summed E-state index contributed by atoms with van der Waals surface area (Å²) in [5, 5.41) is 10.7. The summed E-state index contributed by atoms with van der Waals surface area (Å²) in [5.41, 5.74) is 2.04. The second kappa shape index (κ2) is 14.1. The van der Waals surface area contributed by atoms with Crippen LogP contribution in [0.3, 0.4) is 0 Å². The number of alkyl halides is 1. The third kappa shape index (κ3) is 5.69. The summed E-state index contributed by atoms with van der Waals surface area (Å²) in [5.74, 6) is -1.52. The summed E-state index contributed by atoms with van der Waals surface area (Å²) in [6, 6.07) is 11.2. The van der Waals surface area contributed by atoms with Gasteiger partial charge in [0.1, 0.15) is 11.8 Å². The number of hydrogen-bond donors (Lipinski definition) is 1. The largest absolute Gasteiger partial charge is 0.494 e. The maximum Gasteiger partial charge on any atom is 0.251 e. The van der Waals surface area contributed by atoms with E-state index < -0.39 is 28.7 Å². The molecule has 46 heavy (non-hydrogen) atoms. The van der Waals surface area contributed by atoms with Gasteiger partial charge in [-0.05, 0) is 62.6 Å². The number of carbonyl (C=O) groups excluding carboxylic acids is 3. The normalized spacial score (nSPS) is 26.9. The van der Waals surface area contributed by atoms with Crippen molar-refractivity contribution in [3.05, 3.63) is 78.4 Å². The van der Waals surface area contributed by atoms with E-state index in [1.807, 2.05) is 57.2 Å². The third-order valence-corrected chi connectivity index (χ3v) is 12.9. The van der Waals surface area contributed by atoms with Gasteiger partial charge in [0.25, 0.3) is 5.91 Å². The Balaban J connectivity index is 1.61. The van der Waals surface area contributed by atoms with Crippen molar-refractivity contribution in [1.29, 1.82) is 0 Å². The molecule has 3 heterocycles. The third-order valence-electron chi connectivity index (χ3n) is 9.39. The van der Waals surface area contributed by atoms with Crippen LogP contribution in [0.25, 0.3) is 0 Å². The molecule has 2 aromatic rings. The van der Waals surface area contributed by atoms with E-state index in [1.165, 1.54) is 0 Å². The van der Waals surface area contributed by atoms with Crippen molar-refractivity contribution >= 4 is 68.4 Å². The van der Waals surface area contributed by atoms with Gasteiger partial charge in [0.15, 0.2) is 0 Å². The maximum absolute atomic E-state index is 15.0. The first-order valence-corrected chi connectivity index (χ1v) is 17.8. The zero-order valence-corrected chi connectivity index (χ0v) is 29.6. The van der Waals surface area contributed by atoms with E-state index in [0.717, 1.165) is 5.56 Å². The molecule has 7 atom stereocenters. The molecule has 3 saturated heterocycles. The Bertz CT molecular complexity index is 1480. The highest BCUT2D eigenvalue weighted by Crippen LogP contribution is 2.68. The molecule has 5 rings (SSSR count). The van der Waals surface area contributed by atoms with Crippen LogP contribution in [0.5, 0.6) is 5.75 Å². The molecule has 0 saturated carbocycles. The Hall–Kier alpha value is -2.79. The number of anilines is 2. The molecule has 8 nitrogen and oxygen atoms in total. The Morgan fingerprint density at radius 3 is 2.41 bits per heavy atom. The highest BCUT2D eigenvalue weighted by atomic mass is 79.9. The maximum atomic E-state index is 15.0. The molecule has 1 spiro atoms. The van der Waals surface area contributed by atoms with Crippen LogP contribution in [-0.2, 0) is 14.4 Å². The van der Waals surface area contributed by atoms with Gasteiger partial charge in [-0.2, -0.15) is 0 Å². The van der Waals surface area contributed by atoms with Crippen molar-refractivity contribution in [3.63, 3.8) is 0 Å². The quantitative estimate of drug-likeness (QED) is 0.200. The lowest BCUT2D eigenvalue weighted by atomic mass is 9.70. The van der Waals surface area contributed by atoms with Gasteiger partial charge in [0.05, 0.1) is 46.5 Å². The molecule has 3 fully saturated rings. The monoisotopic (exact) mass is 729 g/mol. The number of thioether (sulfide) groups is 1. The standard InChI is InChI=1S/C35H41BrClN3O5S/c1-6-17-38(23-13-15-24(16-14-23)45-9-4)32(42)27-28-33(43)40(22(8-3)20-41)31(35(28)19-25(36)30(27)46-35)34(44)39(18-7-2)29-21(5)11-10-12-26(29)37/h6-7,10-16,22,25,27-28,30-31,41H,1-2,8-9,17-20H2,3-5H3/t22-,25?,27-,28-,30-,31?,35?/m0/s1. The predicted octanol–water partition coefficient (Wildman–Crippen LogP) is 6.02. The summed E-state index contributed by atoms with van der Waals surface area (Å²) in [6.45, 7) is 14.1. The van der Waals surface area contributed by atoms with E-state index >= 15 is 0 Å². The fourth-order valence-corrected chi connectivity index (χ4v) is 11.4.